The number of rotatable bonds is 10. The summed E-state index contributed by atoms with van der Waals surface area (Å²) in [7, 11) is 5.14. The Morgan fingerprint density at radius 2 is 1.90 bits per heavy atom. The number of aliphatic imine (C=N–C) groups is 1. The Hall–Kier alpha value is -1.22. The summed E-state index contributed by atoms with van der Waals surface area (Å²) in [4.78, 5) is 6.93. The summed E-state index contributed by atoms with van der Waals surface area (Å²) < 4.78 is 10.7. The zero-order valence-electron chi connectivity index (χ0n) is 18.5. The lowest BCUT2D eigenvalue weighted by atomic mass is 10.0. The summed E-state index contributed by atoms with van der Waals surface area (Å²) >= 11 is 0. The predicted octanol–water partition coefficient (Wildman–Crippen LogP) is 3.54. The van der Waals surface area contributed by atoms with Gasteiger partial charge in [-0.2, -0.15) is 0 Å². The number of ether oxygens (including phenoxy) is 2. The normalized spacial score (nSPS) is 17.4. The fraction of sp³-hybridized carbons (Fsp3) is 0.682. The highest BCUT2D eigenvalue weighted by Crippen LogP contribution is 2.27. The van der Waals surface area contributed by atoms with Crippen LogP contribution in [0.25, 0.3) is 0 Å². The molecule has 0 spiro atoms. The van der Waals surface area contributed by atoms with Crippen molar-refractivity contribution >= 4 is 29.9 Å². The Bertz CT molecular complexity index is 612. The number of nitrogens with one attached hydrogen (secondary N) is 2. The van der Waals surface area contributed by atoms with E-state index in [0.29, 0.717) is 0 Å². The molecule has 0 saturated carbocycles. The number of methoxy groups -OCH3 is 2. The quantitative estimate of drug-likeness (QED) is 0.215. The molecule has 2 N–H and O–H groups in total. The van der Waals surface area contributed by atoms with E-state index in [1.807, 2.05) is 19.2 Å². The zero-order chi connectivity index (χ0) is 20.2. The number of piperidine rings is 1. The van der Waals surface area contributed by atoms with E-state index in [9.17, 15) is 0 Å². The zero-order valence-corrected chi connectivity index (χ0v) is 20.8. The Morgan fingerprint density at radius 1 is 1.14 bits per heavy atom. The second-order valence-electron chi connectivity index (χ2n) is 7.62. The lowest BCUT2D eigenvalue weighted by Crippen LogP contribution is -2.39. The number of hydrogen-bond acceptors (Lipinski definition) is 4. The molecule has 1 heterocycles. The van der Waals surface area contributed by atoms with Gasteiger partial charge in [0.25, 0.3) is 0 Å². The van der Waals surface area contributed by atoms with Crippen molar-refractivity contribution in [1.29, 1.82) is 0 Å². The number of nitrogens with zero attached hydrogens (tertiary/aromatic N) is 2. The van der Waals surface area contributed by atoms with Crippen molar-refractivity contribution in [2.75, 3.05) is 54.0 Å². The number of hydrogen-bond donors (Lipinski definition) is 2. The number of likely N-dealkylation sites (tertiary alicyclic amines) is 1. The molecule has 6 nitrogen and oxygen atoms in total. The molecular formula is C22H39IN4O2. The highest BCUT2D eigenvalue weighted by Gasteiger charge is 2.15. The van der Waals surface area contributed by atoms with Crippen LogP contribution < -0.4 is 20.1 Å². The minimum absolute atomic E-state index is 0. The van der Waals surface area contributed by atoms with Crippen LogP contribution in [0.3, 0.4) is 0 Å². The molecule has 1 atom stereocenters. The molecule has 0 aliphatic carbocycles. The molecular weight excluding hydrogens is 479 g/mol. The van der Waals surface area contributed by atoms with Crippen molar-refractivity contribution < 1.29 is 9.47 Å². The first kappa shape index (κ1) is 25.8. The molecule has 0 radical (unpaired) electrons. The maximum atomic E-state index is 5.37. The molecule has 166 valence electrons. The monoisotopic (exact) mass is 518 g/mol. The van der Waals surface area contributed by atoms with Crippen LogP contribution in [-0.4, -0.2) is 64.9 Å². The van der Waals surface area contributed by atoms with E-state index in [2.05, 4.69) is 33.5 Å². The molecule has 1 aromatic carbocycles. The number of benzene rings is 1. The highest BCUT2D eigenvalue weighted by molar-refractivity contribution is 14.0. The molecule has 0 bridgehead atoms. The smallest absolute Gasteiger partial charge is 0.190 e. The van der Waals surface area contributed by atoms with Gasteiger partial charge in [0.2, 0.25) is 0 Å². The Morgan fingerprint density at radius 3 is 2.59 bits per heavy atom. The predicted molar refractivity (Wildman–Crippen MR) is 132 cm³/mol. The van der Waals surface area contributed by atoms with Gasteiger partial charge in [0.1, 0.15) is 0 Å². The van der Waals surface area contributed by atoms with Crippen LogP contribution in [0.5, 0.6) is 11.5 Å². The fourth-order valence-corrected chi connectivity index (χ4v) is 3.74. The maximum Gasteiger partial charge on any atom is 0.190 e. The molecule has 0 amide bonds. The molecule has 1 aliphatic heterocycles. The van der Waals surface area contributed by atoms with Crippen molar-refractivity contribution in [3.8, 4) is 11.5 Å². The van der Waals surface area contributed by atoms with Crippen LogP contribution in [0.4, 0.5) is 0 Å². The summed E-state index contributed by atoms with van der Waals surface area (Å²) in [6.07, 6.45) is 6.05. The maximum absolute atomic E-state index is 5.37. The third-order valence-electron chi connectivity index (χ3n) is 5.31. The summed E-state index contributed by atoms with van der Waals surface area (Å²) in [5, 5.41) is 6.81. The van der Waals surface area contributed by atoms with Gasteiger partial charge >= 0.3 is 0 Å². The van der Waals surface area contributed by atoms with Crippen LogP contribution in [0.1, 0.15) is 38.2 Å². The standard InChI is InChI=1S/C22H38N4O2.HI/c1-18-8-7-15-26(17-18)14-6-5-12-24-22(23-2)25-13-11-19-9-10-20(27-3)21(16-19)28-4;/h9-10,16,18H,5-8,11-15,17H2,1-4H3,(H2,23,24,25);1H. The van der Waals surface area contributed by atoms with Crippen LogP contribution in [0.15, 0.2) is 23.2 Å². The molecule has 1 unspecified atom stereocenters. The van der Waals surface area contributed by atoms with E-state index in [-0.39, 0.29) is 24.0 Å². The molecule has 7 heteroatoms. The average Bonchev–Trinajstić information content (AvgIpc) is 2.72. The third-order valence-corrected chi connectivity index (χ3v) is 5.31. The molecule has 29 heavy (non-hydrogen) atoms. The van der Waals surface area contributed by atoms with Crippen molar-refractivity contribution in [1.82, 2.24) is 15.5 Å². The van der Waals surface area contributed by atoms with Gasteiger partial charge in [-0.05, 0) is 68.8 Å². The molecule has 1 saturated heterocycles. The van der Waals surface area contributed by atoms with Gasteiger partial charge in [-0.3, -0.25) is 4.99 Å². The second kappa shape index (κ2) is 14.7. The van der Waals surface area contributed by atoms with Crippen LogP contribution >= 0.6 is 24.0 Å². The fourth-order valence-electron chi connectivity index (χ4n) is 3.74. The van der Waals surface area contributed by atoms with Gasteiger partial charge in [-0.15, -0.1) is 24.0 Å². The van der Waals surface area contributed by atoms with E-state index in [0.717, 1.165) is 42.9 Å². The first-order valence-corrected chi connectivity index (χ1v) is 10.5. The van der Waals surface area contributed by atoms with Gasteiger partial charge in [-0.1, -0.05) is 13.0 Å². The van der Waals surface area contributed by atoms with E-state index >= 15 is 0 Å². The minimum atomic E-state index is 0. The van der Waals surface area contributed by atoms with Crippen LogP contribution in [-0.2, 0) is 6.42 Å². The SMILES string of the molecule is CN=C(NCCCCN1CCCC(C)C1)NCCc1ccc(OC)c(OC)c1.I. The second-order valence-corrected chi connectivity index (χ2v) is 7.62. The lowest BCUT2D eigenvalue weighted by Gasteiger charge is -2.30. The van der Waals surface area contributed by atoms with Crippen molar-refractivity contribution in [3.05, 3.63) is 23.8 Å². The van der Waals surface area contributed by atoms with Crippen molar-refractivity contribution in [3.63, 3.8) is 0 Å². The molecule has 2 rings (SSSR count). The molecule has 1 aliphatic rings. The van der Waals surface area contributed by atoms with E-state index in [1.165, 1.54) is 50.9 Å². The third kappa shape index (κ3) is 9.42. The number of unbranched alkanes of at least 4 members (excludes halogenated alkanes) is 1. The first-order chi connectivity index (χ1) is 13.7. The summed E-state index contributed by atoms with van der Waals surface area (Å²) in [5.41, 5.74) is 1.20. The topological polar surface area (TPSA) is 58.1 Å². The Kier molecular flexibility index (Phi) is 13.1. The van der Waals surface area contributed by atoms with Gasteiger partial charge in [0.15, 0.2) is 17.5 Å². The van der Waals surface area contributed by atoms with Gasteiger partial charge < -0.3 is 25.0 Å². The van der Waals surface area contributed by atoms with E-state index in [1.54, 1.807) is 14.2 Å². The number of guanidine groups is 1. The van der Waals surface area contributed by atoms with E-state index in [4.69, 9.17) is 9.47 Å². The van der Waals surface area contributed by atoms with E-state index < -0.39 is 0 Å². The highest BCUT2D eigenvalue weighted by atomic mass is 127. The summed E-state index contributed by atoms with van der Waals surface area (Å²) in [6, 6.07) is 6.04. The summed E-state index contributed by atoms with van der Waals surface area (Å²) in [5.74, 6) is 3.26. The lowest BCUT2D eigenvalue weighted by molar-refractivity contribution is 0.181. The van der Waals surface area contributed by atoms with Crippen LogP contribution in [0, 0.1) is 5.92 Å². The summed E-state index contributed by atoms with van der Waals surface area (Å²) in [6.45, 7) is 7.91. The Labute approximate surface area is 193 Å². The molecule has 1 aromatic rings. The van der Waals surface area contributed by atoms with Gasteiger partial charge in [0.05, 0.1) is 14.2 Å². The largest absolute Gasteiger partial charge is 0.493 e. The molecule has 1 fully saturated rings. The van der Waals surface area contributed by atoms with Gasteiger partial charge in [0, 0.05) is 26.7 Å². The minimum Gasteiger partial charge on any atom is -0.493 e. The number of halogens is 1. The van der Waals surface area contributed by atoms with Crippen molar-refractivity contribution in [2.24, 2.45) is 10.9 Å². The molecule has 0 aromatic heterocycles. The van der Waals surface area contributed by atoms with Crippen molar-refractivity contribution in [2.45, 2.75) is 39.0 Å². The van der Waals surface area contributed by atoms with Gasteiger partial charge in [-0.25, -0.2) is 0 Å². The first-order valence-electron chi connectivity index (χ1n) is 10.5. The average molecular weight is 518 g/mol. The Balaban J connectivity index is 0.00000420. The van der Waals surface area contributed by atoms with Crippen LogP contribution in [0.2, 0.25) is 0 Å².